The first-order chi connectivity index (χ1) is 19.9. The molecule has 0 spiro atoms. The van der Waals surface area contributed by atoms with Crippen molar-refractivity contribution in [1.82, 2.24) is 10.2 Å². The third kappa shape index (κ3) is 9.33. The van der Waals surface area contributed by atoms with E-state index in [1.54, 1.807) is 17.0 Å². The Hall–Kier alpha value is -3.36. The third-order valence-electron chi connectivity index (χ3n) is 7.50. The fourth-order valence-corrected chi connectivity index (χ4v) is 5.84. The van der Waals surface area contributed by atoms with Gasteiger partial charge in [0.1, 0.15) is 6.04 Å². The lowest BCUT2D eigenvalue weighted by molar-refractivity contribution is -0.141. The van der Waals surface area contributed by atoms with Crippen molar-refractivity contribution in [2.24, 2.45) is 0 Å². The van der Waals surface area contributed by atoms with Gasteiger partial charge < -0.3 is 10.2 Å². The van der Waals surface area contributed by atoms with Crippen LogP contribution < -0.4 is 9.62 Å². The average molecular weight is 612 g/mol. The maximum absolute atomic E-state index is 14.0. The van der Waals surface area contributed by atoms with Crippen molar-refractivity contribution >= 4 is 39.1 Å². The Morgan fingerprint density at radius 3 is 2.24 bits per heavy atom. The standard InChI is InChI=1S/C33H42ClN3O4S/c1-6-26(4)35-33(39)31(22-27-13-8-7-9-14-27)36(23-28-15-10-11-16-30(28)34)32(38)17-12-20-37(42(5,40)41)29-19-18-24(2)25(3)21-29/h7-11,13-16,18-19,21,26,31H,6,12,17,20,22-23H2,1-5H3,(H,35,39)/t26-,31-/m1/s1. The molecule has 7 nitrogen and oxygen atoms in total. The molecule has 0 aliphatic heterocycles. The number of carbonyl (C=O) groups excluding carboxylic acids is 2. The van der Waals surface area contributed by atoms with Crippen molar-refractivity contribution in [3.8, 4) is 0 Å². The van der Waals surface area contributed by atoms with Crippen LogP contribution in [0.4, 0.5) is 5.69 Å². The monoisotopic (exact) mass is 611 g/mol. The fourth-order valence-electron chi connectivity index (χ4n) is 4.69. The van der Waals surface area contributed by atoms with Gasteiger partial charge in [0, 0.05) is 37.0 Å². The number of aryl methyl sites for hydroxylation is 2. The number of hydrogen-bond acceptors (Lipinski definition) is 4. The summed E-state index contributed by atoms with van der Waals surface area (Å²) in [5.74, 6) is -0.481. The quantitative estimate of drug-likeness (QED) is 0.240. The summed E-state index contributed by atoms with van der Waals surface area (Å²) in [6.07, 6.45) is 2.59. The van der Waals surface area contributed by atoms with Crippen LogP contribution in [0.5, 0.6) is 0 Å². The SMILES string of the molecule is CC[C@@H](C)NC(=O)[C@@H](Cc1ccccc1)N(Cc1ccccc1Cl)C(=O)CCCN(c1ccc(C)c(C)c1)S(C)(=O)=O. The number of hydrogen-bond donors (Lipinski definition) is 1. The van der Waals surface area contributed by atoms with Crippen LogP contribution in [0.15, 0.2) is 72.8 Å². The van der Waals surface area contributed by atoms with Crippen LogP contribution in [0.2, 0.25) is 5.02 Å². The van der Waals surface area contributed by atoms with Crippen LogP contribution in [0.1, 0.15) is 55.4 Å². The number of carbonyl (C=O) groups is 2. The maximum Gasteiger partial charge on any atom is 0.243 e. The highest BCUT2D eigenvalue weighted by Crippen LogP contribution is 2.24. The second kappa shape index (κ2) is 15.2. The van der Waals surface area contributed by atoms with E-state index in [2.05, 4.69) is 5.32 Å². The van der Waals surface area contributed by atoms with E-state index in [-0.39, 0.29) is 43.8 Å². The van der Waals surface area contributed by atoms with Crippen LogP contribution in [0, 0.1) is 13.8 Å². The molecule has 9 heteroatoms. The minimum atomic E-state index is -3.58. The van der Waals surface area contributed by atoms with Crippen LogP contribution in [-0.4, -0.2) is 50.0 Å². The predicted molar refractivity (Wildman–Crippen MR) is 171 cm³/mol. The van der Waals surface area contributed by atoms with Gasteiger partial charge in [-0.3, -0.25) is 13.9 Å². The maximum atomic E-state index is 14.0. The Labute approximate surface area is 255 Å². The predicted octanol–water partition coefficient (Wildman–Crippen LogP) is 6.06. The van der Waals surface area contributed by atoms with Gasteiger partial charge in [-0.1, -0.05) is 73.1 Å². The normalized spacial score (nSPS) is 12.8. The molecule has 2 amide bonds. The van der Waals surface area contributed by atoms with E-state index < -0.39 is 16.1 Å². The lowest BCUT2D eigenvalue weighted by Gasteiger charge is -2.33. The zero-order valence-corrected chi connectivity index (χ0v) is 26.7. The summed E-state index contributed by atoms with van der Waals surface area (Å²) in [6, 6.07) is 21.6. The number of anilines is 1. The van der Waals surface area contributed by atoms with E-state index >= 15 is 0 Å². The number of nitrogens with one attached hydrogen (secondary N) is 1. The van der Waals surface area contributed by atoms with Gasteiger partial charge in [-0.05, 0) is 74.1 Å². The molecule has 0 saturated carbocycles. The summed E-state index contributed by atoms with van der Waals surface area (Å²) in [4.78, 5) is 29.2. The zero-order chi connectivity index (χ0) is 30.9. The molecular weight excluding hydrogens is 570 g/mol. The van der Waals surface area contributed by atoms with Gasteiger partial charge in [0.2, 0.25) is 21.8 Å². The molecule has 3 aromatic carbocycles. The first-order valence-corrected chi connectivity index (χ1v) is 16.6. The zero-order valence-electron chi connectivity index (χ0n) is 25.1. The Balaban J connectivity index is 1.91. The van der Waals surface area contributed by atoms with Gasteiger partial charge in [0.15, 0.2) is 0 Å². The number of rotatable bonds is 14. The molecule has 42 heavy (non-hydrogen) atoms. The summed E-state index contributed by atoms with van der Waals surface area (Å²) < 4.78 is 26.8. The molecule has 0 aliphatic carbocycles. The highest BCUT2D eigenvalue weighted by atomic mass is 35.5. The molecule has 2 atom stereocenters. The number of amides is 2. The van der Waals surface area contributed by atoms with Crippen molar-refractivity contribution in [2.45, 2.75) is 72.0 Å². The Morgan fingerprint density at radius 1 is 0.952 bits per heavy atom. The number of nitrogens with zero attached hydrogens (tertiary/aromatic N) is 2. The molecule has 0 bridgehead atoms. The van der Waals surface area contributed by atoms with Gasteiger partial charge in [-0.2, -0.15) is 0 Å². The van der Waals surface area contributed by atoms with Gasteiger partial charge in [0.05, 0.1) is 11.9 Å². The average Bonchev–Trinajstić information content (AvgIpc) is 2.95. The molecule has 0 aliphatic rings. The molecule has 0 aromatic heterocycles. The topological polar surface area (TPSA) is 86.8 Å². The molecule has 0 heterocycles. The van der Waals surface area contributed by atoms with Crippen LogP contribution >= 0.6 is 11.6 Å². The summed E-state index contributed by atoms with van der Waals surface area (Å²) >= 11 is 6.50. The first-order valence-electron chi connectivity index (χ1n) is 14.3. The molecule has 3 rings (SSSR count). The summed E-state index contributed by atoms with van der Waals surface area (Å²) in [7, 11) is -3.58. The molecule has 226 valence electrons. The third-order valence-corrected chi connectivity index (χ3v) is 9.06. The molecule has 0 radical (unpaired) electrons. The molecule has 0 unspecified atom stereocenters. The summed E-state index contributed by atoms with van der Waals surface area (Å²) in [5.41, 5.74) is 4.28. The van der Waals surface area contributed by atoms with E-state index in [0.29, 0.717) is 17.1 Å². The second-order valence-electron chi connectivity index (χ2n) is 10.8. The van der Waals surface area contributed by atoms with Gasteiger partial charge >= 0.3 is 0 Å². The van der Waals surface area contributed by atoms with Crippen LogP contribution in [0.25, 0.3) is 0 Å². The van der Waals surface area contributed by atoms with Crippen molar-refractivity contribution < 1.29 is 18.0 Å². The highest BCUT2D eigenvalue weighted by Gasteiger charge is 2.31. The minimum absolute atomic E-state index is 0.0587. The second-order valence-corrected chi connectivity index (χ2v) is 13.2. The van der Waals surface area contributed by atoms with Crippen LogP contribution in [-0.2, 0) is 32.6 Å². The minimum Gasteiger partial charge on any atom is -0.352 e. The van der Waals surface area contributed by atoms with Crippen molar-refractivity contribution in [3.05, 3.63) is 100 Å². The van der Waals surface area contributed by atoms with E-state index in [0.717, 1.165) is 28.7 Å². The van der Waals surface area contributed by atoms with Crippen molar-refractivity contribution in [1.29, 1.82) is 0 Å². The Kier molecular flexibility index (Phi) is 12.0. The Morgan fingerprint density at radius 2 is 1.62 bits per heavy atom. The number of benzene rings is 3. The largest absolute Gasteiger partial charge is 0.352 e. The lowest BCUT2D eigenvalue weighted by Crippen LogP contribution is -2.52. The fraction of sp³-hybridized carbons (Fsp3) is 0.394. The van der Waals surface area contributed by atoms with E-state index in [9.17, 15) is 18.0 Å². The van der Waals surface area contributed by atoms with E-state index in [4.69, 9.17) is 11.6 Å². The summed E-state index contributed by atoms with van der Waals surface area (Å²) in [5, 5.41) is 3.57. The summed E-state index contributed by atoms with van der Waals surface area (Å²) in [6.45, 7) is 8.12. The molecule has 3 aromatic rings. The molecule has 1 N–H and O–H groups in total. The number of sulfonamides is 1. The van der Waals surface area contributed by atoms with E-state index in [1.807, 2.05) is 88.4 Å². The van der Waals surface area contributed by atoms with Gasteiger partial charge in [0.25, 0.3) is 0 Å². The number of halogens is 1. The van der Waals surface area contributed by atoms with Crippen molar-refractivity contribution in [3.63, 3.8) is 0 Å². The molecule has 0 fully saturated rings. The van der Waals surface area contributed by atoms with Gasteiger partial charge in [-0.15, -0.1) is 0 Å². The Bertz CT molecular complexity index is 1460. The van der Waals surface area contributed by atoms with E-state index in [1.165, 1.54) is 10.6 Å². The van der Waals surface area contributed by atoms with Gasteiger partial charge in [-0.25, -0.2) is 8.42 Å². The van der Waals surface area contributed by atoms with Crippen molar-refractivity contribution in [2.75, 3.05) is 17.1 Å². The molecular formula is C33H42ClN3O4S. The molecule has 0 saturated heterocycles. The first kappa shape index (κ1) is 33.1. The highest BCUT2D eigenvalue weighted by molar-refractivity contribution is 7.92. The smallest absolute Gasteiger partial charge is 0.243 e. The lowest BCUT2D eigenvalue weighted by atomic mass is 10.0. The van der Waals surface area contributed by atoms with Crippen LogP contribution in [0.3, 0.4) is 0 Å².